The maximum atomic E-state index is 12.2. The number of carbonyl (C=O) groups excluding carboxylic acids is 1. The fourth-order valence-electron chi connectivity index (χ4n) is 3.05. The Balaban J connectivity index is 1.59. The van der Waals surface area contributed by atoms with E-state index in [9.17, 15) is 4.79 Å². The second-order valence-corrected chi connectivity index (χ2v) is 6.97. The number of para-hydroxylation sites is 2. The van der Waals surface area contributed by atoms with Gasteiger partial charge in [0, 0.05) is 13.1 Å². The Morgan fingerprint density at radius 1 is 1.08 bits per heavy atom. The smallest absolute Gasteiger partial charge is 0.256 e. The molecule has 2 aromatic rings. The molecule has 3 heterocycles. The monoisotopic (exact) mass is 344 g/mol. The molecule has 0 N–H and O–H groups in total. The van der Waals surface area contributed by atoms with Crippen molar-refractivity contribution in [3.63, 3.8) is 0 Å². The molecular weight excluding hydrogens is 324 g/mol. The lowest BCUT2D eigenvalue weighted by atomic mass is 10.3. The van der Waals surface area contributed by atoms with Gasteiger partial charge in [-0.05, 0) is 31.4 Å². The van der Waals surface area contributed by atoms with Gasteiger partial charge >= 0.3 is 0 Å². The third-order valence-corrected chi connectivity index (χ3v) is 5.23. The van der Waals surface area contributed by atoms with Gasteiger partial charge in [-0.25, -0.2) is 15.0 Å². The number of fused-ring (bicyclic) bond motifs is 1. The largest absolute Gasteiger partial charge is 0.354 e. The van der Waals surface area contributed by atoms with Crippen molar-refractivity contribution in [1.29, 1.82) is 0 Å². The Labute approximate surface area is 145 Å². The lowest BCUT2D eigenvalue weighted by Gasteiger charge is -2.20. The molecule has 4 rings (SSSR count). The number of carbonyl (C=O) groups is 1. The number of hydrogen-bond donors (Lipinski definition) is 0. The van der Waals surface area contributed by atoms with Crippen molar-refractivity contribution in [2.75, 3.05) is 36.9 Å². The summed E-state index contributed by atoms with van der Waals surface area (Å²) in [5.74, 6) is 1.24. The molecule has 0 bridgehead atoms. The van der Waals surface area contributed by atoms with Crippen LogP contribution in [-0.2, 0) is 9.63 Å². The summed E-state index contributed by atoms with van der Waals surface area (Å²) in [6.07, 6.45) is 3.27. The van der Waals surface area contributed by atoms with Crippen molar-refractivity contribution in [2.45, 2.75) is 24.3 Å². The maximum Gasteiger partial charge on any atom is 0.256 e. The molecule has 6 nitrogen and oxygen atoms in total. The molecule has 24 heavy (non-hydrogen) atoms. The van der Waals surface area contributed by atoms with Gasteiger partial charge in [0.2, 0.25) is 0 Å². The average Bonchev–Trinajstić information content (AvgIpc) is 3.32. The quantitative estimate of drug-likeness (QED) is 0.794. The van der Waals surface area contributed by atoms with Crippen LogP contribution in [0.2, 0.25) is 0 Å². The van der Waals surface area contributed by atoms with Gasteiger partial charge in [0.05, 0.1) is 29.9 Å². The van der Waals surface area contributed by atoms with Gasteiger partial charge in [-0.3, -0.25) is 9.63 Å². The van der Waals surface area contributed by atoms with E-state index in [4.69, 9.17) is 14.8 Å². The molecule has 2 saturated heterocycles. The highest BCUT2D eigenvalue weighted by molar-refractivity contribution is 8.00. The predicted molar refractivity (Wildman–Crippen MR) is 94.0 cm³/mol. The maximum absolute atomic E-state index is 12.2. The van der Waals surface area contributed by atoms with Crippen LogP contribution in [0.25, 0.3) is 11.0 Å². The molecule has 7 heteroatoms. The van der Waals surface area contributed by atoms with Gasteiger partial charge in [0.15, 0.2) is 5.82 Å². The zero-order valence-corrected chi connectivity index (χ0v) is 14.3. The second-order valence-electron chi connectivity index (χ2n) is 6.01. The molecule has 0 saturated carbocycles. The Bertz CT molecular complexity index is 742. The third-order valence-electron chi connectivity index (χ3n) is 4.29. The van der Waals surface area contributed by atoms with Crippen molar-refractivity contribution >= 4 is 34.5 Å². The van der Waals surface area contributed by atoms with Crippen molar-refractivity contribution in [2.24, 2.45) is 0 Å². The summed E-state index contributed by atoms with van der Waals surface area (Å²) >= 11 is 1.46. The molecular formula is C17H20N4O2S. The summed E-state index contributed by atoms with van der Waals surface area (Å²) in [7, 11) is 0. The summed E-state index contributed by atoms with van der Waals surface area (Å²) in [6.45, 7) is 3.32. The molecule has 0 aliphatic carbocycles. The zero-order chi connectivity index (χ0) is 16.4. The summed E-state index contributed by atoms with van der Waals surface area (Å²) in [5, 5.41) is 2.31. The van der Waals surface area contributed by atoms with Gasteiger partial charge in [-0.2, -0.15) is 0 Å². The third kappa shape index (κ3) is 3.18. The van der Waals surface area contributed by atoms with Crippen LogP contribution in [0.3, 0.4) is 0 Å². The van der Waals surface area contributed by atoms with E-state index in [0.717, 1.165) is 41.4 Å². The topological polar surface area (TPSA) is 58.6 Å². The first-order valence-corrected chi connectivity index (χ1v) is 9.37. The number of benzene rings is 1. The summed E-state index contributed by atoms with van der Waals surface area (Å²) in [5.41, 5.74) is 1.77. The fourth-order valence-corrected chi connectivity index (χ4v) is 3.92. The minimum absolute atomic E-state index is 0.000157. The number of amides is 1. The van der Waals surface area contributed by atoms with Crippen LogP contribution in [0, 0.1) is 0 Å². The van der Waals surface area contributed by atoms with Gasteiger partial charge in [0.25, 0.3) is 5.91 Å². The first kappa shape index (κ1) is 15.7. The molecule has 0 atom stereocenters. The Morgan fingerprint density at radius 2 is 1.83 bits per heavy atom. The molecule has 0 spiro atoms. The van der Waals surface area contributed by atoms with Crippen molar-refractivity contribution in [3.05, 3.63) is 24.3 Å². The minimum atomic E-state index is -0.000157. The molecule has 1 aromatic carbocycles. The van der Waals surface area contributed by atoms with Gasteiger partial charge in [-0.15, -0.1) is 0 Å². The molecule has 2 aliphatic rings. The molecule has 1 aromatic heterocycles. The zero-order valence-electron chi connectivity index (χ0n) is 13.5. The van der Waals surface area contributed by atoms with E-state index in [2.05, 4.69) is 4.90 Å². The van der Waals surface area contributed by atoms with Crippen LogP contribution >= 0.6 is 11.8 Å². The Morgan fingerprint density at radius 3 is 2.54 bits per heavy atom. The highest BCUT2D eigenvalue weighted by atomic mass is 32.2. The summed E-state index contributed by atoms with van der Waals surface area (Å²) in [4.78, 5) is 29.4. The van der Waals surface area contributed by atoms with Crippen LogP contribution < -0.4 is 4.90 Å². The molecule has 1 amide bonds. The van der Waals surface area contributed by atoms with E-state index in [-0.39, 0.29) is 5.91 Å². The number of hydroxylamine groups is 2. The highest BCUT2D eigenvalue weighted by Crippen LogP contribution is 2.31. The Hall–Kier alpha value is -1.86. The number of hydrogen-bond acceptors (Lipinski definition) is 6. The fraction of sp³-hybridized carbons (Fsp3) is 0.471. The summed E-state index contributed by atoms with van der Waals surface area (Å²) < 4.78 is 0. The van der Waals surface area contributed by atoms with Gasteiger partial charge in [0.1, 0.15) is 5.03 Å². The van der Waals surface area contributed by atoms with Crippen LogP contribution in [0.15, 0.2) is 29.3 Å². The van der Waals surface area contributed by atoms with E-state index < -0.39 is 0 Å². The van der Waals surface area contributed by atoms with Gasteiger partial charge < -0.3 is 4.90 Å². The van der Waals surface area contributed by atoms with Crippen molar-refractivity contribution in [1.82, 2.24) is 15.0 Å². The van der Waals surface area contributed by atoms with E-state index in [0.29, 0.717) is 18.9 Å². The van der Waals surface area contributed by atoms with Crippen molar-refractivity contribution in [3.8, 4) is 0 Å². The lowest BCUT2D eigenvalue weighted by Crippen LogP contribution is -2.28. The number of anilines is 1. The van der Waals surface area contributed by atoms with E-state index >= 15 is 0 Å². The van der Waals surface area contributed by atoms with E-state index in [1.165, 1.54) is 29.7 Å². The molecule has 2 fully saturated rings. The number of rotatable bonds is 4. The normalized spacial score (nSPS) is 17.8. The molecule has 2 aliphatic heterocycles. The lowest BCUT2D eigenvalue weighted by molar-refractivity contribution is -0.165. The van der Waals surface area contributed by atoms with E-state index in [1.807, 2.05) is 24.3 Å². The second kappa shape index (κ2) is 6.94. The predicted octanol–water partition coefficient (Wildman–Crippen LogP) is 2.49. The minimum Gasteiger partial charge on any atom is -0.354 e. The molecule has 0 radical (unpaired) electrons. The first-order chi connectivity index (χ1) is 11.8. The number of thioether (sulfide) groups is 1. The van der Waals surface area contributed by atoms with Gasteiger partial charge in [-0.1, -0.05) is 23.9 Å². The highest BCUT2D eigenvalue weighted by Gasteiger charge is 2.23. The van der Waals surface area contributed by atoms with Crippen LogP contribution in [0.4, 0.5) is 5.82 Å². The standard InChI is InChI=1S/C17H20N4O2S/c22-15(21-10-5-11-23-21)12-24-17-16(20-8-3-4-9-20)18-13-6-1-2-7-14(13)19-17/h1-2,6-7H,3-5,8-12H2. The molecule has 0 unspecified atom stereocenters. The SMILES string of the molecule is O=C(CSc1nc2ccccc2nc1N1CCCC1)N1CCCO1. The van der Waals surface area contributed by atoms with E-state index in [1.54, 1.807) is 0 Å². The first-order valence-electron chi connectivity index (χ1n) is 8.39. The van der Waals surface area contributed by atoms with Crippen LogP contribution in [-0.4, -0.2) is 52.9 Å². The van der Waals surface area contributed by atoms with Crippen LogP contribution in [0.1, 0.15) is 19.3 Å². The Kier molecular flexibility index (Phi) is 4.53. The van der Waals surface area contributed by atoms with Crippen LogP contribution in [0.5, 0.6) is 0 Å². The average molecular weight is 344 g/mol. The number of nitrogens with zero attached hydrogens (tertiary/aromatic N) is 4. The number of aromatic nitrogens is 2. The van der Waals surface area contributed by atoms with Crippen molar-refractivity contribution < 1.29 is 9.63 Å². The summed E-state index contributed by atoms with van der Waals surface area (Å²) in [6, 6.07) is 7.89. The molecule has 126 valence electrons.